The van der Waals surface area contributed by atoms with Crippen molar-refractivity contribution in [2.45, 2.75) is 50.6 Å². The predicted molar refractivity (Wildman–Crippen MR) is 71.4 cm³/mol. The van der Waals surface area contributed by atoms with Gasteiger partial charge in [-0.25, -0.2) is 0 Å². The third kappa shape index (κ3) is 3.35. The monoisotopic (exact) mass is 266 g/mol. The molecule has 106 valence electrons. The van der Waals surface area contributed by atoms with Gasteiger partial charge >= 0.3 is 5.97 Å². The van der Waals surface area contributed by atoms with Crippen LogP contribution in [0.4, 0.5) is 0 Å². The van der Waals surface area contributed by atoms with Crippen LogP contribution in [0.5, 0.6) is 0 Å². The van der Waals surface area contributed by atoms with Gasteiger partial charge in [-0.1, -0.05) is 25.0 Å². The molecule has 5 nitrogen and oxygen atoms in total. The molecule has 0 heterocycles. The van der Waals surface area contributed by atoms with Crippen LogP contribution in [-0.4, -0.2) is 29.1 Å². The van der Waals surface area contributed by atoms with Crippen molar-refractivity contribution in [2.24, 2.45) is 17.6 Å². The van der Waals surface area contributed by atoms with E-state index < -0.39 is 17.8 Å². The van der Waals surface area contributed by atoms with Crippen molar-refractivity contribution >= 4 is 11.9 Å². The number of nitrogens with one attached hydrogen (secondary N) is 1. The molecule has 0 aliphatic heterocycles. The third-order valence-corrected chi connectivity index (χ3v) is 4.23. The topological polar surface area (TPSA) is 92.4 Å². The molecular formula is C14H22N2O3. The second kappa shape index (κ2) is 6.19. The van der Waals surface area contributed by atoms with Gasteiger partial charge in [0.2, 0.25) is 5.91 Å². The van der Waals surface area contributed by atoms with Crippen molar-refractivity contribution < 1.29 is 14.7 Å². The van der Waals surface area contributed by atoms with E-state index in [4.69, 9.17) is 5.73 Å². The molecule has 2 aliphatic rings. The quantitative estimate of drug-likeness (QED) is 0.665. The van der Waals surface area contributed by atoms with Crippen molar-refractivity contribution in [2.75, 3.05) is 0 Å². The molecule has 1 fully saturated rings. The highest BCUT2D eigenvalue weighted by atomic mass is 16.4. The van der Waals surface area contributed by atoms with E-state index in [1.54, 1.807) is 0 Å². The van der Waals surface area contributed by atoms with Crippen molar-refractivity contribution in [3.05, 3.63) is 12.2 Å². The first kappa shape index (κ1) is 14.1. The number of hydrogen-bond acceptors (Lipinski definition) is 3. The van der Waals surface area contributed by atoms with Gasteiger partial charge in [-0.15, -0.1) is 0 Å². The van der Waals surface area contributed by atoms with Gasteiger partial charge in [-0.2, -0.15) is 0 Å². The average molecular weight is 266 g/mol. The summed E-state index contributed by atoms with van der Waals surface area (Å²) in [5.41, 5.74) is 6.01. The Labute approximate surface area is 113 Å². The smallest absolute Gasteiger partial charge is 0.307 e. The van der Waals surface area contributed by atoms with Crippen LogP contribution in [0.15, 0.2) is 12.2 Å². The first-order valence-electron chi connectivity index (χ1n) is 7.03. The van der Waals surface area contributed by atoms with Gasteiger partial charge in [0.15, 0.2) is 0 Å². The maximum absolute atomic E-state index is 12.3. The molecule has 0 aromatic heterocycles. The van der Waals surface area contributed by atoms with Crippen LogP contribution >= 0.6 is 0 Å². The lowest BCUT2D eigenvalue weighted by molar-refractivity contribution is -0.147. The van der Waals surface area contributed by atoms with Gasteiger partial charge in [0, 0.05) is 12.1 Å². The molecule has 2 unspecified atom stereocenters. The zero-order valence-electron chi connectivity index (χ0n) is 11.0. The van der Waals surface area contributed by atoms with Crippen LogP contribution < -0.4 is 11.1 Å². The van der Waals surface area contributed by atoms with Gasteiger partial charge < -0.3 is 16.2 Å². The fourth-order valence-electron chi connectivity index (χ4n) is 3.01. The number of amides is 1. The zero-order valence-corrected chi connectivity index (χ0v) is 11.0. The standard InChI is InChI=1S/C14H22N2O3/c15-11-7-3-4-8-12(11)16-13(17)9-5-1-2-6-10(9)14(18)19/h1-2,9-12H,3-8,15H2,(H,16,17)(H,18,19)/t9-,10+,11?,12?/m1/s1. The molecule has 0 saturated heterocycles. The van der Waals surface area contributed by atoms with E-state index in [1.807, 2.05) is 12.2 Å². The van der Waals surface area contributed by atoms with Crippen LogP contribution in [0.3, 0.4) is 0 Å². The summed E-state index contributed by atoms with van der Waals surface area (Å²) in [6.45, 7) is 0. The second-order valence-electron chi connectivity index (χ2n) is 5.56. The summed E-state index contributed by atoms with van der Waals surface area (Å²) >= 11 is 0. The summed E-state index contributed by atoms with van der Waals surface area (Å²) in [7, 11) is 0. The molecule has 0 aromatic carbocycles. The molecule has 1 amide bonds. The number of carbonyl (C=O) groups is 2. The van der Waals surface area contributed by atoms with Crippen LogP contribution in [-0.2, 0) is 9.59 Å². The molecule has 4 N–H and O–H groups in total. The Kier molecular flexibility index (Phi) is 4.58. The Balaban J connectivity index is 1.97. The molecule has 0 bridgehead atoms. The highest BCUT2D eigenvalue weighted by molar-refractivity contribution is 5.85. The lowest BCUT2D eigenvalue weighted by Gasteiger charge is -2.32. The number of hydrogen-bond donors (Lipinski definition) is 3. The van der Waals surface area contributed by atoms with Gasteiger partial charge in [0.05, 0.1) is 11.8 Å². The SMILES string of the molecule is NC1CCCCC1NC(=O)[C@@H]1CC=CC[C@@H]1C(=O)O. The van der Waals surface area contributed by atoms with Crippen molar-refractivity contribution in [1.82, 2.24) is 5.32 Å². The Morgan fingerprint density at radius 3 is 2.37 bits per heavy atom. The number of rotatable bonds is 3. The molecule has 5 heteroatoms. The molecular weight excluding hydrogens is 244 g/mol. The molecule has 4 atom stereocenters. The maximum Gasteiger partial charge on any atom is 0.307 e. The van der Waals surface area contributed by atoms with E-state index in [-0.39, 0.29) is 18.0 Å². The highest BCUT2D eigenvalue weighted by Crippen LogP contribution is 2.27. The van der Waals surface area contributed by atoms with Crippen molar-refractivity contribution in [3.8, 4) is 0 Å². The Bertz CT molecular complexity index is 381. The second-order valence-corrected chi connectivity index (χ2v) is 5.56. The van der Waals surface area contributed by atoms with E-state index in [2.05, 4.69) is 5.32 Å². The minimum Gasteiger partial charge on any atom is -0.481 e. The first-order chi connectivity index (χ1) is 9.09. The maximum atomic E-state index is 12.3. The summed E-state index contributed by atoms with van der Waals surface area (Å²) in [6, 6.07) is 0.00158. The summed E-state index contributed by atoms with van der Waals surface area (Å²) in [5.74, 6) is -2.11. The average Bonchev–Trinajstić information content (AvgIpc) is 2.41. The predicted octanol–water partition coefficient (Wildman–Crippen LogP) is 1.04. The summed E-state index contributed by atoms with van der Waals surface area (Å²) < 4.78 is 0. The minimum absolute atomic E-state index is 0.000103. The number of allylic oxidation sites excluding steroid dienone is 2. The van der Waals surface area contributed by atoms with Gasteiger partial charge in [-0.3, -0.25) is 9.59 Å². The summed E-state index contributed by atoms with van der Waals surface area (Å²) in [5, 5.41) is 12.1. The highest BCUT2D eigenvalue weighted by Gasteiger charge is 2.35. The van der Waals surface area contributed by atoms with Crippen molar-refractivity contribution in [3.63, 3.8) is 0 Å². The Morgan fingerprint density at radius 1 is 1.11 bits per heavy atom. The van der Waals surface area contributed by atoms with Crippen LogP contribution in [0, 0.1) is 11.8 Å². The fourth-order valence-corrected chi connectivity index (χ4v) is 3.01. The molecule has 19 heavy (non-hydrogen) atoms. The van der Waals surface area contributed by atoms with E-state index in [0.29, 0.717) is 12.8 Å². The lowest BCUT2D eigenvalue weighted by atomic mass is 9.81. The van der Waals surface area contributed by atoms with E-state index in [9.17, 15) is 14.7 Å². The number of nitrogens with two attached hydrogens (primary N) is 1. The van der Waals surface area contributed by atoms with E-state index in [1.165, 1.54) is 0 Å². The van der Waals surface area contributed by atoms with Crippen LogP contribution in [0.1, 0.15) is 38.5 Å². The van der Waals surface area contributed by atoms with Crippen molar-refractivity contribution in [1.29, 1.82) is 0 Å². The number of carbonyl (C=O) groups excluding carboxylic acids is 1. The van der Waals surface area contributed by atoms with Crippen LogP contribution in [0.2, 0.25) is 0 Å². The first-order valence-corrected chi connectivity index (χ1v) is 7.03. The van der Waals surface area contributed by atoms with Gasteiger partial charge in [0.25, 0.3) is 0 Å². The Hall–Kier alpha value is -1.36. The van der Waals surface area contributed by atoms with E-state index >= 15 is 0 Å². The largest absolute Gasteiger partial charge is 0.481 e. The summed E-state index contributed by atoms with van der Waals surface area (Å²) in [4.78, 5) is 23.5. The van der Waals surface area contributed by atoms with Gasteiger partial charge in [-0.05, 0) is 25.7 Å². The third-order valence-electron chi connectivity index (χ3n) is 4.23. The minimum atomic E-state index is -0.891. The molecule has 2 rings (SSSR count). The number of carboxylic acids is 1. The molecule has 1 saturated carbocycles. The number of carboxylic acid groups (broad SMARTS) is 1. The van der Waals surface area contributed by atoms with Crippen LogP contribution in [0.25, 0.3) is 0 Å². The Morgan fingerprint density at radius 2 is 1.74 bits per heavy atom. The molecule has 0 spiro atoms. The van der Waals surface area contributed by atoms with Gasteiger partial charge in [0.1, 0.15) is 0 Å². The summed E-state index contributed by atoms with van der Waals surface area (Å²) in [6.07, 6.45) is 8.68. The molecule has 0 radical (unpaired) electrons. The normalized spacial score (nSPS) is 34.8. The molecule has 2 aliphatic carbocycles. The fraction of sp³-hybridized carbons (Fsp3) is 0.714. The number of aliphatic carboxylic acids is 1. The van der Waals surface area contributed by atoms with E-state index in [0.717, 1.165) is 25.7 Å². The molecule has 0 aromatic rings. The zero-order chi connectivity index (χ0) is 13.8. The lowest BCUT2D eigenvalue weighted by Crippen LogP contribution is -2.52.